The standard InChI is InChI=1S/C9H11F.C7H9BrS/c1-7(2)8-3-5-9(10)6-4-8;1-5(2)6-3-4-7(8)9-6/h3-7H,1-2H3;3-5H,1-2H3. The average Bonchev–Trinajstić information content (AvgIpc) is 2.77. The Morgan fingerprint density at radius 2 is 1.47 bits per heavy atom. The van der Waals surface area contributed by atoms with E-state index in [-0.39, 0.29) is 5.82 Å². The van der Waals surface area contributed by atoms with Crippen molar-refractivity contribution in [2.24, 2.45) is 0 Å². The fourth-order valence-corrected chi connectivity index (χ4v) is 2.91. The molecule has 0 fully saturated rings. The van der Waals surface area contributed by atoms with Gasteiger partial charge in [-0.15, -0.1) is 11.3 Å². The molecule has 0 aliphatic heterocycles. The van der Waals surface area contributed by atoms with E-state index in [2.05, 4.69) is 55.8 Å². The van der Waals surface area contributed by atoms with Gasteiger partial charge in [0, 0.05) is 4.88 Å². The highest BCUT2D eigenvalue weighted by Crippen LogP contribution is 2.27. The van der Waals surface area contributed by atoms with Crippen LogP contribution in [0.4, 0.5) is 4.39 Å². The Morgan fingerprint density at radius 1 is 0.895 bits per heavy atom. The number of hydrogen-bond donors (Lipinski definition) is 0. The zero-order chi connectivity index (χ0) is 14.4. The third kappa shape index (κ3) is 5.87. The SMILES string of the molecule is CC(C)c1ccc(Br)s1.CC(C)c1ccc(F)cc1. The molecule has 0 amide bonds. The first-order valence-electron chi connectivity index (χ1n) is 6.41. The van der Waals surface area contributed by atoms with Gasteiger partial charge in [0.25, 0.3) is 0 Å². The van der Waals surface area contributed by atoms with Gasteiger partial charge in [-0.3, -0.25) is 0 Å². The van der Waals surface area contributed by atoms with E-state index < -0.39 is 0 Å². The Kier molecular flexibility index (Phi) is 6.73. The van der Waals surface area contributed by atoms with Crippen molar-refractivity contribution in [1.29, 1.82) is 0 Å². The monoisotopic (exact) mass is 342 g/mol. The number of benzene rings is 1. The van der Waals surface area contributed by atoms with Crippen molar-refractivity contribution in [3.63, 3.8) is 0 Å². The highest BCUT2D eigenvalue weighted by Gasteiger charge is 2.00. The van der Waals surface area contributed by atoms with Crippen LogP contribution in [0.5, 0.6) is 0 Å². The molecule has 2 rings (SSSR count). The van der Waals surface area contributed by atoms with Crippen molar-refractivity contribution in [3.8, 4) is 0 Å². The molecule has 0 spiro atoms. The average molecular weight is 343 g/mol. The molecule has 0 aliphatic rings. The molecule has 0 N–H and O–H groups in total. The van der Waals surface area contributed by atoms with E-state index in [1.54, 1.807) is 0 Å². The topological polar surface area (TPSA) is 0 Å². The summed E-state index contributed by atoms with van der Waals surface area (Å²) in [6.07, 6.45) is 0. The summed E-state index contributed by atoms with van der Waals surface area (Å²) >= 11 is 5.23. The zero-order valence-corrected chi connectivity index (χ0v) is 14.2. The fourth-order valence-electron chi connectivity index (χ4n) is 1.49. The highest BCUT2D eigenvalue weighted by molar-refractivity contribution is 9.11. The molecule has 0 unspecified atom stereocenters. The summed E-state index contributed by atoms with van der Waals surface area (Å²) in [6, 6.07) is 10.9. The summed E-state index contributed by atoms with van der Waals surface area (Å²) in [6.45, 7) is 8.59. The van der Waals surface area contributed by atoms with Crippen molar-refractivity contribution in [2.75, 3.05) is 0 Å². The van der Waals surface area contributed by atoms with E-state index in [4.69, 9.17) is 0 Å². The fraction of sp³-hybridized carbons (Fsp3) is 0.375. The van der Waals surface area contributed by atoms with Crippen LogP contribution in [0.25, 0.3) is 0 Å². The van der Waals surface area contributed by atoms with Crippen LogP contribution < -0.4 is 0 Å². The Labute approximate surface area is 127 Å². The van der Waals surface area contributed by atoms with Gasteiger partial charge in [0.15, 0.2) is 0 Å². The second kappa shape index (κ2) is 7.81. The molecule has 19 heavy (non-hydrogen) atoms. The molecule has 0 nitrogen and oxygen atoms in total. The van der Waals surface area contributed by atoms with Crippen molar-refractivity contribution < 1.29 is 4.39 Å². The summed E-state index contributed by atoms with van der Waals surface area (Å²) < 4.78 is 13.6. The molecule has 1 aromatic heterocycles. The third-order valence-corrected chi connectivity index (χ3v) is 4.62. The lowest BCUT2D eigenvalue weighted by atomic mass is 10.0. The van der Waals surface area contributed by atoms with Gasteiger partial charge in [0.1, 0.15) is 5.82 Å². The van der Waals surface area contributed by atoms with E-state index in [1.807, 2.05) is 23.5 Å². The Hall–Kier alpha value is -0.670. The van der Waals surface area contributed by atoms with Gasteiger partial charge in [-0.05, 0) is 57.6 Å². The smallest absolute Gasteiger partial charge is 0.123 e. The minimum absolute atomic E-state index is 0.163. The number of halogens is 2. The molecule has 0 radical (unpaired) electrons. The Morgan fingerprint density at radius 3 is 1.79 bits per heavy atom. The highest BCUT2D eigenvalue weighted by atomic mass is 79.9. The van der Waals surface area contributed by atoms with E-state index in [0.29, 0.717) is 11.8 Å². The molecule has 0 aliphatic carbocycles. The van der Waals surface area contributed by atoms with Crippen LogP contribution in [0.1, 0.15) is 50.0 Å². The number of hydrogen-bond acceptors (Lipinski definition) is 1. The summed E-state index contributed by atoms with van der Waals surface area (Å²) in [5, 5.41) is 0. The number of rotatable bonds is 2. The minimum atomic E-state index is -0.163. The molecule has 3 heteroatoms. The summed E-state index contributed by atoms with van der Waals surface area (Å²) in [7, 11) is 0. The van der Waals surface area contributed by atoms with Crippen LogP contribution in [-0.4, -0.2) is 0 Å². The van der Waals surface area contributed by atoms with E-state index in [9.17, 15) is 4.39 Å². The summed E-state index contributed by atoms with van der Waals surface area (Å²) in [5.74, 6) is 0.992. The van der Waals surface area contributed by atoms with Gasteiger partial charge in [-0.1, -0.05) is 39.8 Å². The molecule has 1 aromatic carbocycles. The van der Waals surface area contributed by atoms with Crippen molar-refractivity contribution in [3.05, 3.63) is 56.4 Å². The maximum absolute atomic E-state index is 12.4. The van der Waals surface area contributed by atoms with Crippen LogP contribution >= 0.6 is 27.3 Å². The lowest BCUT2D eigenvalue weighted by molar-refractivity contribution is 0.626. The van der Waals surface area contributed by atoms with Crippen molar-refractivity contribution in [2.45, 2.75) is 39.5 Å². The lowest BCUT2D eigenvalue weighted by Gasteiger charge is -2.02. The molecule has 0 atom stereocenters. The zero-order valence-electron chi connectivity index (χ0n) is 11.8. The van der Waals surface area contributed by atoms with Gasteiger partial charge >= 0.3 is 0 Å². The van der Waals surface area contributed by atoms with Crippen LogP contribution in [-0.2, 0) is 0 Å². The largest absolute Gasteiger partial charge is 0.207 e. The molecular formula is C16H20BrFS. The van der Waals surface area contributed by atoms with Crippen molar-refractivity contribution >= 4 is 27.3 Å². The van der Waals surface area contributed by atoms with E-state index in [1.165, 1.54) is 26.4 Å². The van der Waals surface area contributed by atoms with E-state index >= 15 is 0 Å². The maximum Gasteiger partial charge on any atom is 0.123 e. The molecule has 2 aromatic rings. The van der Waals surface area contributed by atoms with Gasteiger partial charge in [0.2, 0.25) is 0 Å². The Bertz CT molecular complexity index is 486. The van der Waals surface area contributed by atoms with Crippen LogP contribution in [0.3, 0.4) is 0 Å². The summed E-state index contributed by atoms with van der Waals surface area (Å²) in [4.78, 5) is 1.45. The predicted octanol–water partition coefficient (Wildman–Crippen LogP) is 6.58. The van der Waals surface area contributed by atoms with Gasteiger partial charge in [-0.25, -0.2) is 4.39 Å². The number of thiophene rings is 1. The molecule has 104 valence electrons. The van der Waals surface area contributed by atoms with Crippen molar-refractivity contribution in [1.82, 2.24) is 0 Å². The summed E-state index contributed by atoms with van der Waals surface area (Å²) in [5.41, 5.74) is 1.18. The third-order valence-electron chi connectivity index (χ3n) is 2.70. The maximum atomic E-state index is 12.4. The van der Waals surface area contributed by atoms with Gasteiger partial charge in [0.05, 0.1) is 3.79 Å². The molecule has 1 heterocycles. The second-order valence-corrected chi connectivity index (χ2v) is 7.50. The quantitative estimate of drug-likeness (QED) is 0.577. The van der Waals surface area contributed by atoms with Crippen LogP contribution in [0, 0.1) is 5.82 Å². The van der Waals surface area contributed by atoms with Crippen LogP contribution in [0.2, 0.25) is 0 Å². The second-order valence-electron chi connectivity index (χ2n) is 5.00. The minimum Gasteiger partial charge on any atom is -0.207 e. The molecule has 0 bridgehead atoms. The van der Waals surface area contributed by atoms with E-state index in [0.717, 1.165) is 0 Å². The Balaban J connectivity index is 0.000000191. The normalized spacial score (nSPS) is 10.5. The van der Waals surface area contributed by atoms with Crippen LogP contribution in [0.15, 0.2) is 40.2 Å². The lowest BCUT2D eigenvalue weighted by Crippen LogP contribution is -1.85. The first-order chi connectivity index (χ1) is 8.90. The van der Waals surface area contributed by atoms with Gasteiger partial charge < -0.3 is 0 Å². The van der Waals surface area contributed by atoms with Gasteiger partial charge in [-0.2, -0.15) is 0 Å². The molecule has 0 saturated carbocycles. The first kappa shape index (κ1) is 16.4. The predicted molar refractivity (Wildman–Crippen MR) is 86.6 cm³/mol. The molecular weight excluding hydrogens is 323 g/mol. The molecule has 0 saturated heterocycles. The first-order valence-corrected chi connectivity index (χ1v) is 8.01.